The number of hydrogen-bond donors (Lipinski definition) is 1. The van der Waals surface area contributed by atoms with E-state index in [0.29, 0.717) is 23.7 Å². The number of carbonyl (C=O) groups is 1. The van der Waals surface area contributed by atoms with Gasteiger partial charge in [-0.25, -0.2) is 0 Å². The molecule has 1 saturated heterocycles. The maximum Gasteiger partial charge on any atom is 0.251 e. The van der Waals surface area contributed by atoms with E-state index in [9.17, 15) is 4.79 Å². The lowest BCUT2D eigenvalue weighted by molar-refractivity contribution is 0.0910. The zero-order valence-corrected chi connectivity index (χ0v) is 16.3. The van der Waals surface area contributed by atoms with Crippen molar-refractivity contribution >= 4 is 21.8 Å². The first-order valence-electron chi connectivity index (χ1n) is 8.62. The average molecular weight is 399 g/mol. The van der Waals surface area contributed by atoms with E-state index >= 15 is 0 Å². The van der Waals surface area contributed by atoms with Crippen LogP contribution in [-0.2, 0) is 0 Å². The second-order valence-electron chi connectivity index (χ2n) is 6.01. The molecule has 0 atom stereocenters. The third-order valence-corrected chi connectivity index (χ3v) is 4.83. The SMILES string of the molecule is CCCN1CCC(NC(=O)c2cc(Br)c(OCC)c(OC)c2)CC1. The van der Waals surface area contributed by atoms with Crippen molar-refractivity contribution in [3.63, 3.8) is 0 Å². The Labute approximate surface area is 152 Å². The van der Waals surface area contributed by atoms with Gasteiger partial charge in [0.05, 0.1) is 18.2 Å². The monoisotopic (exact) mass is 398 g/mol. The Balaban J connectivity index is 2.01. The van der Waals surface area contributed by atoms with Gasteiger partial charge in [-0.05, 0) is 60.8 Å². The molecule has 1 amide bonds. The summed E-state index contributed by atoms with van der Waals surface area (Å²) in [6, 6.07) is 3.76. The molecule has 1 heterocycles. The molecule has 1 aromatic carbocycles. The maximum absolute atomic E-state index is 12.6. The standard InChI is InChI=1S/C18H27BrN2O3/c1-4-8-21-9-6-14(7-10-21)20-18(22)13-11-15(19)17(24-5-2)16(12-13)23-3/h11-12,14H,4-10H2,1-3H3,(H,20,22). The molecule has 6 heteroatoms. The van der Waals surface area contributed by atoms with Gasteiger partial charge in [0.2, 0.25) is 0 Å². The molecule has 0 aromatic heterocycles. The van der Waals surface area contributed by atoms with Crippen LogP contribution < -0.4 is 14.8 Å². The minimum Gasteiger partial charge on any atom is -0.493 e. The van der Waals surface area contributed by atoms with Crippen molar-refractivity contribution in [2.45, 2.75) is 39.2 Å². The first kappa shape index (κ1) is 19.1. The first-order valence-corrected chi connectivity index (χ1v) is 9.41. The Morgan fingerprint density at radius 2 is 2.04 bits per heavy atom. The second kappa shape index (κ2) is 9.28. The van der Waals surface area contributed by atoms with Crippen LogP contribution in [0.1, 0.15) is 43.5 Å². The third-order valence-electron chi connectivity index (χ3n) is 4.24. The van der Waals surface area contributed by atoms with Gasteiger partial charge in [-0.2, -0.15) is 0 Å². The van der Waals surface area contributed by atoms with Gasteiger partial charge < -0.3 is 19.7 Å². The summed E-state index contributed by atoms with van der Waals surface area (Å²) >= 11 is 3.47. The number of hydrogen-bond acceptors (Lipinski definition) is 4. The van der Waals surface area contributed by atoms with Crippen molar-refractivity contribution in [3.8, 4) is 11.5 Å². The highest BCUT2D eigenvalue weighted by Crippen LogP contribution is 2.36. The molecular formula is C18H27BrN2O3. The van der Waals surface area contributed by atoms with Gasteiger partial charge in [0.25, 0.3) is 5.91 Å². The molecular weight excluding hydrogens is 372 g/mol. The van der Waals surface area contributed by atoms with Crippen molar-refractivity contribution in [3.05, 3.63) is 22.2 Å². The minimum absolute atomic E-state index is 0.0639. The van der Waals surface area contributed by atoms with E-state index in [1.54, 1.807) is 19.2 Å². The lowest BCUT2D eigenvalue weighted by atomic mass is 10.0. The van der Waals surface area contributed by atoms with E-state index in [0.717, 1.165) is 36.9 Å². The molecule has 0 radical (unpaired) electrons. The van der Waals surface area contributed by atoms with Crippen LogP contribution in [0.4, 0.5) is 0 Å². The number of ether oxygens (including phenoxy) is 2. The Kier molecular flexibility index (Phi) is 7.37. The van der Waals surface area contributed by atoms with Crippen LogP contribution in [-0.4, -0.2) is 50.2 Å². The molecule has 2 rings (SSSR count). The predicted molar refractivity (Wildman–Crippen MR) is 99.1 cm³/mol. The van der Waals surface area contributed by atoms with Crippen LogP contribution in [0.5, 0.6) is 11.5 Å². The number of nitrogens with zero attached hydrogens (tertiary/aromatic N) is 1. The van der Waals surface area contributed by atoms with Gasteiger partial charge in [-0.3, -0.25) is 4.79 Å². The number of benzene rings is 1. The molecule has 5 nitrogen and oxygen atoms in total. The van der Waals surface area contributed by atoms with Gasteiger partial charge in [-0.15, -0.1) is 0 Å². The molecule has 24 heavy (non-hydrogen) atoms. The number of halogens is 1. The topological polar surface area (TPSA) is 50.8 Å². The van der Waals surface area contributed by atoms with Gasteiger partial charge in [0.1, 0.15) is 0 Å². The van der Waals surface area contributed by atoms with Crippen LogP contribution >= 0.6 is 15.9 Å². The Bertz CT molecular complexity index is 557. The highest BCUT2D eigenvalue weighted by atomic mass is 79.9. The molecule has 0 spiro atoms. The number of rotatable bonds is 7. The minimum atomic E-state index is -0.0639. The van der Waals surface area contributed by atoms with Gasteiger partial charge >= 0.3 is 0 Å². The molecule has 1 N–H and O–H groups in total. The lowest BCUT2D eigenvalue weighted by Crippen LogP contribution is -2.44. The number of likely N-dealkylation sites (tertiary alicyclic amines) is 1. The fraction of sp³-hybridized carbons (Fsp3) is 0.611. The summed E-state index contributed by atoms with van der Waals surface area (Å²) in [5.74, 6) is 1.13. The summed E-state index contributed by atoms with van der Waals surface area (Å²) in [6.07, 6.45) is 3.18. The van der Waals surface area contributed by atoms with Gasteiger partial charge in [0.15, 0.2) is 11.5 Å². The van der Waals surface area contributed by atoms with Gasteiger partial charge in [-0.1, -0.05) is 6.92 Å². The summed E-state index contributed by atoms with van der Waals surface area (Å²) in [4.78, 5) is 15.0. The van der Waals surface area contributed by atoms with Crippen LogP contribution in [0, 0.1) is 0 Å². The smallest absolute Gasteiger partial charge is 0.251 e. The highest BCUT2D eigenvalue weighted by molar-refractivity contribution is 9.10. The molecule has 1 aromatic rings. The van der Waals surface area contributed by atoms with E-state index in [1.165, 1.54) is 6.42 Å². The Morgan fingerprint density at radius 1 is 1.33 bits per heavy atom. The lowest BCUT2D eigenvalue weighted by Gasteiger charge is -2.32. The summed E-state index contributed by atoms with van der Waals surface area (Å²) in [5, 5.41) is 3.14. The summed E-state index contributed by atoms with van der Waals surface area (Å²) in [6.45, 7) is 7.90. The fourth-order valence-corrected chi connectivity index (χ4v) is 3.58. The molecule has 134 valence electrons. The van der Waals surface area contributed by atoms with E-state index in [2.05, 4.69) is 33.1 Å². The molecule has 0 unspecified atom stereocenters. The van der Waals surface area contributed by atoms with Crippen molar-refractivity contribution in [2.75, 3.05) is 33.4 Å². The van der Waals surface area contributed by atoms with Gasteiger partial charge in [0, 0.05) is 24.7 Å². The molecule has 0 saturated carbocycles. The molecule has 1 aliphatic heterocycles. The maximum atomic E-state index is 12.6. The van der Waals surface area contributed by atoms with Crippen molar-refractivity contribution in [2.24, 2.45) is 0 Å². The van der Waals surface area contributed by atoms with Crippen LogP contribution in [0.25, 0.3) is 0 Å². The Hall–Kier alpha value is -1.27. The van der Waals surface area contributed by atoms with Crippen molar-refractivity contribution < 1.29 is 14.3 Å². The van der Waals surface area contributed by atoms with E-state index < -0.39 is 0 Å². The predicted octanol–water partition coefficient (Wildman–Crippen LogP) is 3.46. The Morgan fingerprint density at radius 3 is 2.62 bits per heavy atom. The zero-order chi connectivity index (χ0) is 17.5. The summed E-state index contributed by atoms with van der Waals surface area (Å²) < 4.78 is 11.7. The van der Waals surface area contributed by atoms with Crippen LogP contribution in [0.3, 0.4) is 0 Å². The second-order valence-corrected chi connectivity index (χ2v) is 6.87. The number of carbonyl (C=O) groups excluding carboxylic acids is 1. The van der Waals surface area contributed by atoms with E-state index in [4.69, 9.17) is 9.47 Å². The van der Waals surface area contributed by atoms with Crippen molar-refractivity contribution in [1.82, 2.24) is 10.2 Å². The number of amides is 1. The quantitative estimate of drug-likeness (QED) is 0.763. The zero-order valence-electron chi connectivity index (χ0n) is 14.7. The normalized spacial score (nSPS) is 16.0. The summed E-state index contributed by atoms with van der Waals surface area (Å²) in [5.41, 5.74) is 0.582. The third kappa shape index (κ3) is 4.86. The molecule has 1 aliphatic rings. The highest BCUT2D eigenvalue weighted by Gasteiger charge is 2.22. The molecule has 1 fully saturated rings. The van der Waals surface area contributed by atoms with Crippen LogP contribution in [0.2, 0.25) is 0 Å². The molecule has 0 bridgehead atoms. The largest absolute Gasteiger partial charge is 0.493 e. The first-order chi connectivity index (χ1) is 11.6. The van der Waals surface area contributed by atoms with E-state index in [-0.39, 0.29) is 11.9 Å². The summed E-state index contributed by atoms with van der Waals surface area (Å²) in [7, 11) is 1.58. The number of methoxy groups -OCH3 is 1. The van der Waals surface area contributed by atoms with E-state index in [1.807, 2.05) is 6.92 Å². The average Bonchev–Trinajstić information content (AvgIpc) is 2.58. The molecule has 0 aliphatic carbocycles. The fourth-order valence-electron chi connectivity index (χ4n) is 3.02. The number of piperidine rings is 1. The number of nitrogens with one attached hydrogen (secondary N) is 1. The van der Waals surface area contributed by atoms with Crippen molar-refractivity contribution in [1.29, 1.82) is 0 Å². The van der Waals surface area contributed by atoms with Crippen LogP contribution in [0.15, 0.2) is 16.6 Å².